The van der Waals surface area contributed by atoms with E-state index in [9.17, 15) is 10.1 Å². The molecule has 0 aliphatic heterocycles. The molecule has 0 aliphatic carbocycles. The van der Waals surface area contributed by atoms with Crippen molar-refractivity contribution >= 4 is 5.82 Å². The van der Waals surface area contributed by atoms with Gasteiger partial charge >= 0.3 is 5.82 Å². The van der Waals surface area contributed by atoms with Gasteiger partial charge in [0, 0.05) is 13.0 Å². The van der Waals surface area contributed by atoms with Gasteiger partial charge < -0.3 is 10.1 Å². The average molecular weight is 138 g/mol. The van der Waals surface area contributed by atoms with Gasteiger partial charge in [0.15, 0.2) is 0 Å². The van der Waals surface area contributed by atoms with E-state index in [1.165, 1.54) is 6.07 Å². The number of aryl methyl sites for hydroxylation is 1. The van der Waals surface area contributed by atoms with Gasteiger partial charge in [0.1, 0.15) is 5.69 Å². The first-order valence-corrected chi connectivity index (χ1v) is 2.78. The maximum atomic E-state index is 10.1. The molecule has 0 aromatic carbocycles. The minimum atomic E-state index is -0.507. The molecule has 0 bridgehead atoms. The van der Waals surface area contributed by atoms with Crippen LogP contribution in [0.15, 0.2) is 18.2 Å². The summed E-state index contributed by atoms with van der Waals surface area (Å²) in [6.45, 7) is 1.72. The SMILES string of the molecule is Cc1cccc([N+](=O)[O-])n1. The van der Waals surface area contributed by atoms with Crippen molar-refractivity contribution < 1.29 is 4.92 Å². The number of pyridine rings is 1. The van der Waals surface area contributed by atoms with E-state index in [0.717, 1.165) is 0 Å². The molecule has 1 heterocycles. The molecule has 0 radical (unpaired) electrons. The zero-order valence-electron chi connectivity index (χ0n) is 5.44. The Hall–Kier alpha value is -1.45. The monoisotopic (exact) mass is 138 g/mol. The van der Waals surface area contributed by atoms with Gasteiger partial charge in [-0.2, -0.15) is 0 Å². The number of hydrogen-bond acceptors (Lipinski definition) is 3. The van der Waals surface area contributed by atoms with E-state index in [2.05, 4.69) is 4.98 Å². The van der Waals surface area contributed by atoms with Crippen LogP contribution in [0.1, 0.15) is 5.69 Å². The van der Waals surface area contributed by atoms with Crippen molar-refractivity contribution in [1.82, 2.24) is 4.98 Å². The van der Waals surface area contributed by atoms with E-state index >= 15 is 0 Å². The van der Waals surface area contributed by atoms with Crippen molar-refractivity contribution in [2.75, 3.05) is 0 Å². The zero-order valence-corrected chi connectivity index (χ0v) is 5.44. The lowest BCUT2D eigenvalue weighted by atomic mass is 10.4. The van der Waals surface area contributed by atoms with Crippen LogP contribution in [-0.2, 0) is 0 Å². The Labute approximate surface area is 57.7 Å². The Balaban J connectivity index is 3.07. The van der Waals surface area contributed by atoms with E-state index in [-0.39, 0.29) is 5.82 Å². The van der Waals surface area contributed by atoms with Crippen LogP contribution in [0.4, 0.5) is 5.82 Å². The Morgan fingerprint density at radius 1 is 1.60 bits per heavy atom. The van der Waals surface area contributed by atoms with Crippen LogP contribution in [0.5, 0.6) is 0 Å². The second-order valence-electron chi connectivity index (χ2n) is 1.89. The summed E-state index contributed by atoms with van der Waals surface area (Å²) < 4.78 is 0. The maximum absolute atomic E-state index is 10.1. The van der Waals surface area contributed by atoms with Crippen LogP contribution in [0.25, 0.3) is 0 Å². The summed E-state index contributed by atoms with van der Waals surface area (Å²) >= 11 is 0. The van der Waals surface area contributed by atoms with E-state index in [1.807, 2.05) is 0 Å². The molecule has 4 heteroatoms. The molecule has 0 saturated carbocycles. The minimum absolute atomic E-state index is 0.0972. The summed E-state index contributed by atoms with van der Waals surface area (Å²) in [6, 6.07) is 4.69. The van der Waals surface area contributed by atoms with Gasteiger partial charge in [-0.25, -0.2) is 0 Å². The van der Waals surface area contributed by atoms with E-state index in [1.54, 1.807) is 19.1 Å². The van der Waals surface area contributed by atoms with Crippen LogP contribution in [0.2, 0.25) is 0 Å². The molecule has 0 aliphatic rings. The molecular weight excluding hydrogens is 132 g/mol. The fourth-order valence-corrected chi connectivity index (χ4v) is 0.630. The van der Waals surface area contributed by atoms with Crippen molar-refractivity contribution in [3.63, 3.8) is 0 Å². The van der Waals surface area contributed by atoms with E-state index in [0.29, 0.717) is 5.69 Å². The first-order valence-electron chi connectivity index (χ1n) is 2.78. The normalized spacial score (nSPS) is 9.30. The van der Waals surface area contributed by atoms with Crippen molar-refractivity contribution in [2.24, 2.45) is 0 Å². The molecule has 0 amide bonds. The van der Waals surface area contributed by atoms with Crippen molar-refractivity contribution in [3.8, 4) is 0 Å². The van der Waals surface area contributed by atoms with Crippen LogP contribution in [0.3, 0.4) is 0 Å². The maximum Gasteiger partial charge on any atom is 0.363 e. The summed E-state index contributed by atoms with van der Waals surface area (Å²) in [7, 11) is 0. The van der Waals surface area contributed by atoms with Gasteiger partial charge in [-0.05, 0) is 22.0 Å². The highest BCUT2D eigenvalue weighted by Gasteiger charge is 2.04. The standard InChI is InChI=1S/C6H6N2O2/c1-5-3-2-4-6(7-5)8(9)10/h2-4H,1H3. The predicted molar refractivity (Wildman–Crippen MR) is 35.6 cm³/mol. The Morgan fingerprint density at radius 2 is 2.30 bits per heavy atom. The predicted octanol–water partition coefficient (Wildman–Crippen LogP) is 1.30. The highest BCUT2D eigenvalue weighted by Crippen LogP contribution is 2.05. The van der Waals surface area contributed by atoms with E-state index in [4.69, 9.17) is 0 Å². The second kappa shape index (κ2) is 2.43. The summed E-state index contributed by atoms with van der Waals surface area (Å²) in [6.07, 6.45) is 0. The number of aromatic nitrogens is 1. The lowest BCUT2D eigenvalue weighted by Crippen LogP contribution is -1.91. The largest absolute Gasteiger partial charge is 0.363 e. The third-order valence-corrected chi connectivity index (χ3v) is 1.06. The number of rotatable bonds is 1. The minimum Gasteiger partial charge on any atom is -0.358 e. The highest BCUT2D eigenvalue weighted by molar-refractivity contribution is 5.20. The van der Waals surface area contributed by atoms with Gasteiger partial charge in [-0.15, -0.1) is 0 Å². The lowest BCUT2D eigenvalue weighted by Gasteiger charge is -1.89. The smallest absolute Gasteiger partial charge is 0.358 e. The molecule has 1 aromatic heterocycles. The molecular formula is C6H6N2O2. The molecule has 1 rings (SSSR count). The fourth-order valence-electron chi connectivity index (χ4n) is 0.630. The van der Waals surface area contributed by atoms with Crippen LogP contribution < -0.4 is 0 Å². The van der Waals surface area contributed by atoms with E-state index < -0.39 is 4.92 Å². The third kappa shape index (κ3) is 1.28. The molecule has 0 N–H and O–H groups in total. The van der Waals surface area contributed by atoms with Crippen LogP contribution >= 0.6 is 0 Å². The summed E-state index contributed by atoms with van der Waals surface area (Å²) in [5.74, 6) is -0.0972. The second-order valence-corrected chi connectivity index (χ2v) is 1.89. The molecule has 1 aromatic rings. The summed E-state index contributed by atoms with van der Waals surface area (Å²) in [5, 5.41) is 10.1. The topological polar surface area (TPSA) is 56.0 Å². The number of hydrogen-bond donors (Lipinski definition) is 0. The first kappa shape index (κ1) is 6.67. The summed E-state index contributed by atoms with van der Waals surface area (Å²) in [4.78, 5) is 13.3. The molecule has 0 saturated heterocycles. The average Bonchev–Trinajstić information content (AvgIpc) is 1.88. The van der Waals surface area contributed by atoms with Gasteiger partial charge in [0.2, 0.25) is 0 Å². The highest BCUT2D eigenvalue weighted by atomic mass is 16.6. The van der Waals surface area contributed by atoms with Crippen molar-refractivity contribution in [3.05, 3.63) is 34.0 Å². The van der Waals surface area contributed by atoms with Gasteiger partial charge in [-0.1, -0.05) is 0 Å². The zero-order chi connectivity index (χ0) is 7.56. The lowest BCUT2D eigenvalue weighted by molar-refractivity contribution is -0.389. The quantitative estimate of drug-likeness (QED) is 0.434. The summed E-state index contributed by atoms with van der Waals surface area (Å²) in [5.41, 5.74) is 0.661. The van der Waals surface area contributed by atoms with Crippen molar-refractivity contribution in [2.45, 2.75) is 6.92 Å². The Kier molecular flexibility index (Phi) is 1.62. The first-order chi connectivity index (χ1) is 4.70. The Morgan fingerprint density at radius 3 is 2.70 bits per heavy atom. The number of nitrogens with zero attached hydrogens (tertiary/aromatic N) is 2. The molecule has 0 atom stereocenters. The molecule has 52 valence electrons. The van der Waals surface area contributed by atoms with Crippen LogP contribution in [0, 0.1) is 17.0 Å². The fraction of sp³-hybridized carbons (Fsp3) is 0.167. The molecule has 0 fully saturated rings. The Bertz CT molecular complexity index is 260. The third-order valence-electron chi connectivity index (χ3n) is 1.06. The van der Waals surface area contributed by atoms with Crippen LogP contribution in [-0.4, -0.2) is 9.91 Å². The van der Waals surface area contributed by atoms with Gasteiger partial charge in [0.25, 0.3) is 0 Å². The molecule has 4 nitrogen and oxygen atoms in total. The van der Waals surface area contributed by atoms with Crippen molar-refractivity contribution in [1.29, 1.82) is 0 Å². The number of nitro groups is 1. The van der Waals surface area contributed by atoms with Gasteiger partial charge in [0.05, 0.1) is 0 Å². The molecule has 0 spiro atoms. The van der Waals surface area contributed by atoms with Gasteiger partial charge in [-0.3, -0.25) is 0 Å². The molecule has 0 unspecified atom stereocenters. The molecule has 10 heavy (non-hydrogen) atoms.